The molecule has 4 aromatic rings. The zero-order chi connectivity index (χ0) is 26.5. The molecular weight excluding hydrogens is 492 g/mol. The topological polar surface area (TPSA) is 58.6 Å². The molecule has 1 aliphatic heterocycles. The zero-order valence-electron chi connectivity index (χ0n) is 21.3. The van der Waals surface area contributed by atoms with E-state index in [1.165, 1.54) is 17.3 Å². The summed E-state index contributed by atoms with van der Waals surface area (Å²) in [5.74, 6) is 0.534. The number of anilines is 1. The van der Waals surface area contributed by atoms with E-state index in [1.807, 2.05) is 71.6 Å². The number of carbonyl (C=O) groups is 2. The van der Waals surface area contributed by atoms with Crippen LogP contribution in [0.25, 0.3) is 6.08 Å². The summed E-state index contributed by atoms with van der Waals surface area (Å²) in [5.41, 5.74) is 5.50. The van der Waals surface area contributed by atoms with Crippen LogP contribution in [0.15, 0.2) is 107 Å². The van der Waals surface area contributed by atoms with Crippen molar-refractivity contribution in [3.05, 3.63) is 130 Å². The van der Waals surface area contributed by atoms with Crippen molar-refractivity contribution in [2.75, 3.05) is 12.0 Å². The van der Waals surface area contributed by atoms with Crippen LogP contribution in [0.2, 0.25) is 0 Å². The fourth-order valence-corrected chi connectivity index (χ4v) is 5.36. The lowest BCUT2D eigenvalue weighted by atomic mass is 10.1. The standard InChI is InChI=1S/C32H28N2O3S/c1-22-11-13-24(14-12-22)21-34-27-8-4-6-10-29(27)38-30(32(34)36)19-23-15-17-25(18-16-23)31(35)33-20-26-7-3-5-9-28(26)37-2/h3-19H,20-21H2,1-2H3,(H,33,35). The van der Waals surface area contributed by atoms with Gasteiger partial charge in [-0.1, -0.05) is 84.1 Å². The van der Waals surface area contributed by atoms with Crippen molar-refractivity contribution < 1.29 is 14.3 Å². The second kappa shape index (κ2) is 11.4. The van der Waals surface area contributed by atoms with E-state index >= 15 is 0 Å². The highest BCUT2D eigenvalue weighted by molar-refractivity contribution is 8.04. The summed E-state index contributed by atoms with van der Waals surface area (Å²) in [5, 5.41) is 2.94. The van der Waals surface area contributed by atoms with Crippen LogP contribution in [0.4, 0.5) is 5.69 Å². The van der Waals surface area contributed by atoms with Crippen LogP contribution >= 0.6 is 11.8 Å². The van der Waals surface area contributed by atoms with Gasteiger partial charge in [-0.15, -0.1) is 0 Å². The van der Waals surface area contributed by atoms with Gasteiger partial charge in [-0.25, -0.2) is 0 Å². The Morgan fingerprint density at radius 3 is 2.39 bits per heavy atom. The monoisotopic (exact) mass is 520 g/mol. The highest BCUT2D eigenvalue weighted by atomic mass is 32.2. The number of amides is 2. The Morgan fingerprint density at radius 2 is 1.63 bits per heavy atom. The lowest BCUT2D eigenvalue weighted by molar-refractivity contribution is -0.114. The van der Waals surface area contributed by atoms with Gasteiger partial charge in [0, 0.05) is 22.6 Å². The minimum Gasteiger partial charge on any atom is -0.496 e. The molecule has 6 heteroatoms. The predicted molar refractivity (Wildman–Crippen MR) is 153 cm³/mol. The highest BCUT2D eigenvalue weighted by Crippen LogP contribution is 2.42. The molecule has 0 fully saturated rings. The predicted octanol–water partition coefficient (Wildman–Crippen LogP) is 6.61. The summed E-state index contributed by atoms with van der Waals surface area (Å²) in [7, 11) is 1.61. The number of thioether (sulfide) groups is 1. The number of ether oxygens (including phenoxy) is 1. The summed E-state index contributed by atoms with van der Waals surface area (Å²) in [6, 6.07) is 31.1. The maximum Gasteiger partial charge on any atom is 0.265 e. The Hall–Kier alpha value is -4.29. The minimum absolute atomic E-state index is 0.0343. The Kier molecular flexibility index (Phi) is 7.61. The van der Waals surface area contributed by atoms with Crippen LogP contribution in [0, 0.1) is 6.92 Å². The molecule has 0 bridgehead atoms. The number of para-hydroxylation sites is 2. The zero-order valence-corrected chi connectivity index (χ0v) is 22.1. The molecule has 1 aliphatic rings. The maximum atomic E-state index is 13.6. The molecule has 190 valence electrons. The second-order valence-corrected chi connectivity index (χ2v) is 10.2. The normalized spacial score (nSPS) is 13.8. The van der Waals surface area contributed by atoms with E-state index in [0.29, 0.717) is 23.6 Å². The van der Waals surface area contributed by atoms with Crippen LogP contribution < -0.4 is 15.0 Å². The van der Waals surface area contributed by atoms with E-state index in [0.717, 1.165) is 33.0 Å². The first-order chi connectivity index (χ1) is 18.5. The molecule has 0 unspecified atom stereocenters. The number of rotatable bonds is 7. The maximum absolute atomic E-state index is 13.6. The number of hydrogen-bond acceptors (Lipinski definition) is 4. The Balaban J connectivity index is 1.32. The Labute approximate surface area is 227 Å². The molecule has 0 spiro atoms. The molecule has 0 saturated carbocycles. The summed E-state index contributed by atoms with van der Waals surface area (Å²) >= 11 is 1.48. The number of hydrogen-bond donors (Lipinski definition) is 1. The average Bonchev–Trinajstić information content (AvgIpc) is 2.95. The number of nitrogens with one attached hydrogen (secondary N) is 1. The van der Waals surface area contributed by atoms with Gasteiger partial charge in [-0.2, -0.15) is 0 Å². The van der Waals surface area contributed by atoms with Crippen molar-refractivity contribution in [3.8, 4) is 5.75 Å². The van der Waals surface area contributed by atoms with E-state index in [9.17, 15) is 9.59 Å². The van der Waals surface area contributed by atoms with Gasteiger partial charge in [0.25, 0.3) is 11.8 Å². The molecule has 0 saturated heterocycles. The number of benzene rings is 4. The third-order valence-electron chi connectivity index (χ3n) is 6.40. The smallest absolute Gasteiger partial charge is 0.265 e. The number of carbonyl (C=O) groups excluding carboxylic acids is 2. The molecule has 2 amide bonds. The average molecular weight is 521 g/mol. The molecular formula is C32H28N2O3S. The van der Waals surface area contributed by atoms with Crippen molar-refractivity contribution in [1.29, 1.82) is 0 Å². The van der Waals surface area contributed by atoms with E-state index in [2.05, 4.69) is 36.5 Å². The summed E-state index contributed by atoms with van der Waals surface area (Å²) in [4.78, 5) is 29.8. The fourth-order valence-electron chi connectivity index (χ4n) is 4.30. The van der Waals surface area contributed by atoms with Crippen molar-refractivity contribution in [1.82, 2.24) is 5.32 Å². The molecule has 1 heterocycles. The molecule has 0 atom stereocenters. The van der Waals surface area contributed by atoms with Crippen LogP contribution in [-0.4, -0.2) is 18.9 Å². The van der Waals surface area contributed by atoms with Gasteiger partial charge < -0.3 is 15.0 Å². The van der Waals surface area contributed by atoms with Gasteiger partial charge >= 0.3 is 0 Å². The second-order valence-electron chi connectivity index (χ2n) is 9.07. The van der Waals surface area contributed by atoms with Gasteiger partial charge in [0.15, 0.2) is 0 Å². The minimum atomic E-state index is -0.170. The lowest BCUT2D eigenvalue weighted by Gasteiger charge is -2.30. The third kappa shape index (κ3) is 5.66. The lowest BCUT2D eigenvalue weighted by Crippen LogP contribution is -2.33. The number of nitrogens with zero attached hydrogens (tertiary/aromatic N) is 1. The van der Waals surface area contributed by atoms with Crippen molar-refractivity contribution in [3.63, 3.8) is 0 Å². The number of fused-ring (bicyclic) bond motifs is 1. The summed E-state index contributed by atoms with van der Waals surface area (Å²) in [6.45, 7) is 2.92. The van der Waals surface area contributed by atoms with Crippen LogP contribution in [0.5, 0.6) is 5.75 Å². The first kappa shape index (κ1) is 25.4. The van der Waals surface area contributed by atoms with Crippen molar-refractivity contribution in [2.24, 2.45) is 0 Å². The molecule has 5 rings (SSSR count). The SMILES string of the molecule is COc1ccccc1CNC(=O)c1ccc(C=C2Sc3ccccc3N(Cc3ccc(C)cc3)C2=O)cc1. The molecule has 1 N–H and O–H groups in total. The van der Waals surface area contributed by atoms with Gasteiger partial charge in [-0.3, -0.25) is 9.59 Å². The largest absolute Gasteiger partial charge is 0.496 e. The highest BCUT2D eigenvalue weighted by Gasteiger charge is 2.29. The van der Waals surface area contributed by atoms with Gasteiger partial charge in [0.1, 0.15) is 5.75 Å². The first-order valence-corrected chi connectivity index (χ1v) is 13.2. The Morgan fingerprint density at radius 1 is 0.921 bits per heavy atom. The molecule has 4 aromatic carbocycles. The summed E-state index contributed by atoms with van der Waals surface area (Å²) in [6.07, 6.45) is 1.89. The van der Waals surface area contributed by atoms with Gasteiger partial charge in [-0.05, 0) is 54.5 Å². The van der Waals surface area contributed by atoms with Gasteiger partial charge in [0.05, 0.1) is 24.2 Å². The summed E-state index contributed by atoms with van der Waals surface area (Å²) < 4.78 is 5.36. The van der Waals surface area contributed by atoms with Crippen molar-refractivity contribution in [2.45, 2.75) is 24.9 Å². The first-order valence-electron chi connectivity index (χ1n) is 12.4. The van der Waals surface area contributed by atoms with E-state index < -0.39 is 0 Å². The van der Waals surface area contributed by atoms with Gasteiger partial charge in [0.2, 0.25) is 0 Å². The molecule has 0 aromatic heterocycles. The van der Waals surface area contributed by atoms with Crippen LogP contribution in [0.3, 0.4) is 0 Å². The molecule has 0 aliphatic carbocycles. The van der Waals surface area contributed by atoms with Crippen LogP contribution in [-0.2, 0) is 17.9 Å². The number of aryl methyl sites for hydroxylation is 1. The van der Waals surface area contributed by atoms with Crippen molar-refractivity contribution >= 4 is 35.3 Å². The third-order valence-corrected chi connectivity index (χ3v) is 7.47. The molecule has 38 heavy (non-hydrogen) atoms. The van der Waals surface area contributed by atoms with Crippen LogP contribution in [0.1, 0.15) is 32.6 Å². The number of methoxy groups -OCH3 is 1. The van der Waals surface area contributed by atoms with E-state index in [-0.39, 0.29) is 11.8 Å². The van der Waals surface area contributed by atoms with E-state index in [1.54, 1.807) is 19.2 Å². The van der Waals surface area contributed by atoms with E-state index in [4.69, 9.17) is 4.74 Å². The fraction of sp³-hybridized carbons (Fsp3) is 0.125. The Bertz CT molecular complexity index is 1490. The molecule has 0 radical (unpaired) electrons. The quantitative estimate of drug-likeness (QED) is 0.279. The molecule has 5 nitrogen and oxygen atoms in total.